The third kappa shape index (κ3) is 6.71. The van der Waals surface area contributed by atoms with Gasteiger partial charge in [-0.25, -0.2) is 8.42 Å². The van der Waals surface area contributed by atoms with Crippen molar-refractivity contribution in [1.82, 2.24) is 10.2 Å². The van der Waals surface area contributed by atoms with Crippen LogP contribution in [0, 0.1) is 6.92 Å². The van der Waals surface area contributed by atoms with E-state index in [9.17, 15) is 8.42 Å². The molecule has 2 rings (SSSR count). The van der Waals surface area contributed by atoms with E-state index in [2.05, 4.69) is 46.4 Å². The van der Waals surface area contributed by atoms with Crippen molar-refractivity contribution in [2.45, 2.75) is 31.7 Å². The third-order valence-electron chi connectivity index (χ3n) is 4.17. The van der Waals surface area contributed by atoms with Gasteiger partial charge in [0.1, 0.15) is 0 Å². The van der Waals surface area contributed by atoms with Crippen LogP contribution in [0.5, 0.6) is 0 Å². The fraction of sp³-hybridized carbons (Fsp3) is 0.381. The normalized spacial score (nSPS) is 12.0. The van der Waals surface area contributed by atoms with Crippen molar-refractivity contribution in [1.29, 1.82) is 0 Å². The van der Waals surface area contributed by atoms with E-state index in [0.717, 1.165) is 19.0 Å². The molecular weight excluding hydrogens is 358 g/mol. The summed E-state index contributed by atoms with van der Waals surface area (Å²) in [4.78, 5) is 7.02. The molecule has 0 aliphatic carbocycles. The Bertz CT molecular complexity index is 831. The van der Waals surface area contributed by atoms with E-state index in [1.807, 2.05) is 20.0 Å². The van der Waals surface area contributed by atoms with Crippen LogP contribution < -0.4 is 5.32 Å². The Morgan fingerprint density at radius 1 is 1.07 bits per heavy atom. The number of rotatable bonds is 8. The molecule has 0 aromatic heterocycles. The second kappa shape index (κ2) is 10.1. The van der Waals surface area contributed by atoms with E-state index in [0.29, 0.717) is 17.9 Å². The number of hydrogen-bond acceptors (Lipinski definition) is 3. The highest BCUT2D eigenvalue weighted by Crippen LogP contribution is 2.11. The Balaban J connectivity index is 1.93. The Morgan fingerprint density at radius 2 is 1.74 bits per heavy atom. The lowest BCUT2D eigenvalue weighted by atomic mass is 10.1. The fourth-order valence-corrected chi connectivity index (χ4v) is 4.01. The Kier molecular flexibility index (Phi) is 7.85. The maximum atomic E-state index is 12.3. The zero-order valence-electron chi connectivity index (χ0n) is 16.4. The van der Waals surface area contributed by atoms with Gasteiger partial charge in [0, 0.05) is 26.7 Å². The van der Waals surface area contributed by atoms with Crippen LogP contribution in [0.2, 0.25) is 0 Å². The van der Waals surface area contributed by atoms with Gasteiger partial charge >= 0.3 is 0 Å². The second-order valence-electron chi connectivity index (χ2n) is 6.56. The highest BCUT2D eigenvalue weighted by molar-refractivity contribution is 7.91. The van der Waals surface area contributed by atoms with Crippen molar-refractivity contribution in [3.05, 3.63) is 65.7 Å². The summed E-state index contributed by atoms with van der Waals surface area (Å²) in [6.07, 6.45) is 0.491. The van der Waals surface area contributed by atoms with Gasteiger partial charge < -0.3 is 10.2 Å². The number of nitrogens with one attached hydrogen (secondary N) is 1. The van der Waals surface area contributed by atoms with E-state index >= 15 is 0 Å². The van der Waals surface area contributed by atoms with E-state index in [-0.39, 0.29) is 5.75 Å². The van der Waals surface area contributed by atoms with E-state index in [1.54, 1.807) is 24.3 Å². The molecule has 0 saturated carbocycles. The topological polar surface area (TPSA) is 61.8 Å². The van der Waals surface area contributed by atoms with Crippen LogP contribution in [0.1, 0.15) is 24.5 Å². The lowest BCUT2D eigenvalue weighted by Crippen LogP contribution is -2.38. The zero-order valence-corrected chi connectivity index (χ0v) is 17.2. The summed E-state index contributed by atoms with van der Waals surface area (Å²) in [6, 6.07) is 17.0. The second-order valence-corrected chi connectivity index (χ2v) is 8.67. The number of aliphatic imine (C=N–C) groups is 1. The molecule has 0 fully saturated rings. The van der Waals surface area contributed by atoms with Gasteiger partial charge in [0.2, 0.25) is 0 Å². The van der Waals surface area contributed by atoms with Gasteiger partial charge in [-0.1, -0.05) is 48.0 Å². The van der Waals surface area contributed by atoms with Crippen molar-refractivity contribution in [2.24, 2.45) is 4.99 Å². The van der Waals surface area contributed by atoms with Gasteiger partial charge in [-0.3, -0.25) is 4.99 Å². The predicted molar refractivity (Wildman–Crippen MR) is 112 cm³/mol. The summed E-state index contributed by atoms with van der Waals surface area (Å²) >= 11 is 0. The number of nitrogens with zero attached hydrogens (tertiary/aromatic N) is 2. The van der Waals surface area contributed by atoms with Crippen LogP contribution >= 0.6 is 0 Å². The summed E-state index contributed by atoms with van der Waals surface area (Å²) in [7, 11) is -1.26. The molecule has 0 atom stereocenters. The monoisotopic (exact) mass is 387 g/mol. The fourth-order valence-electron chi connectivity index (χ4n) is 2.70. The number of guanidine groups is 1. The number of benzene rings is 2. The average molecular weight is 388 g/mol. The molecule has 2 aromatic carbocycles. The molecule has 0 radical (unpaired) electrons. The van der Waals surface area contributed by atoms with Gasteiger partial charge in [0.05, 0.1) is 10.6 Å². The SMILES string of the molecule is CCNC(=NCCCS(=O)(=O)c1ccccc1)N(C)Cc1ccc(C)cc1. The van der Waals surface area contributed by atoms with Crippen molar-refractivity contribution >= 4 is 15.8 Å². The molecule has 0 spiro atoms. The molecule has 2 aromatic rings. The third-order valence-corrected chi connectivity index (χ3v) is 5.99. The van der Waals surface area contributed by atoms with Crippen LogP contribution in [0.15, 0.2) is 64.5 Å². The first-order chi connectivity index (χ1) is 12.9. The van der Waals surface area contributed by atoms with Gasteiger partial charge in [0.15, 0.2) is 15.8 Å². The number of sulfone groups is 1. The molecule has 0 bridgehead atoms. The van der Waals surface area contributed by atoms with Crippen molar-refractivity contribution < 1.29 is 8.42 Å². The van der Waals surface area contributed by atoms with Crippen LogP contribution in [0.25, 0.3) is 0 Å². The molecule has 0 saturated heterocycles. The van der Waals surface area contributed by atoms with Gasteiger partial charge in [0.25, 0.3) is 0 Å². The summed E-state index contributed by atoms with van der Waals surface area (Å²) in [5.74, 6) is 0.886. The van der Waals surface area contributed by atoms with Crippen LogP contribution in [0.4, 0.5) is 0 Å². The average Bonchev–Trinajstić information content (AvgIpc) is 2.66. The van der Waals surface area contributed by atoms with Crippen LogP contribution in [-0.2, 0) is 16.4 Å². The minimum absolute atomic E-state index is 0.0988. The molecule has 27 heavy (non-hydrogen) atoms. The highest BCUT2D eigenvalue weighted by Gasteiger charge is 2.13. The molecule has 146 valence electrons. The zero-order chi connectivity index (χ0) is 19.7. The summed E-state index contributed by atoms with van der Waals surface area (Å²) < 4.78 is 24.7. The first kappa shape index (κ1) is 21.0. The molecular formula is C21H29N3O2S. The molecule has 0 amide bonds. The molecule has 1 N–H and O–H groups in total. The molecule has 0 aliphatic rings. The van der Waals surface area contributed by atoms with Crippen molar-refractivity contribution in [2.75, 3.05) is 25.9 Å². The molecule has 0 heterocycles. The smallest absolute Gasteiger partial charge is 0.193 e. The van der Waals surface area contributed by atoms with E-state index < -0.39 is 9.84 Å². The highest BCUT2D eigenvalue weighted by atomic mass is 32.2. The lowest BCUT2D eigenvalue weighted by molar-refractivity contribution is 0.477. The molecule has 0 unspecified atom stereocenters. The summed E-state index contributed by atoms with van der Waals surface area (Å²) in [6.45, 7) is 6.07. The van der Waals surface area contributed by atoms with Crippen molar-refractivity contribution in [3.8, 4) is 0 Å². The van der Waals surface area contributed by atoms with Crippen molar-refractivity contribution in [3.63, 3.8) is 0 Å². The van der Waals surface area contributed by atoms with E-state index in [4.69, 9.17) is 0 Å². The van der Waals surface area contributed by atoms with Gasteiger partial charge in [-0.2, -0.15) is 0 Å². The lowest BCUT2D eigenvalue weighted by Gasteiger charge is -2.22. The number of aryl methyl sites for hydroxylation is 1. The first-order valence-corrected chi connectivity index (χ1v) is 10.9. The molecule has 6 heteroatoms. The first-order valence-electron chi connectivity index (χ1n) is 9.25. The molecule has 0 aliphatic heterocycles. The standard InChI is InChI=1S/C21H29N3O2S/c1-4-22-21(24(3)17-19-13-11-18(2)12-14-19)23-15-8-16-27(25,26)20-9-6-5-7-10-20/h5-7,9-14H,4,8,15-17H2,1-3H3,(H,22,23). The maximum Gasteiger partial charge on any atom is 0.193 e. The number of hydrogen-bond donors (Lipinski definition) is 1. The molecule has 5 nitrogen and oxygen atoms in total. The summed E-state index contributed by atoms with van der Waals surface area (Å²) in [5, 5.41) is 3.27. The van der Waals surface area contributed by atoms with Crippen LogP contribution in [0.3, 0.4) is 0 Å². The largest absolute Gasteiger partial charge is 0.357 e. The quantitative estimate of drug-likeness (QED) is 0.429. The Labute approximate surface area is 163 Å². The minimum Gasteiger partial charge on any atom is -0.357 e. The van der Waals surface area contributed by atoms with Gasteiger partial charge in [-0.15, -0.1) is 0 Å². The Hall–Kier alpha value is -2.34. The predicted octanol–water partition coefficient (Wildman–Crippen LogP) is 3.26. The Morgan fingerprint density at radius 3 is 2.37 bits per heavy atom. The summed E-state index contributed by atoms with van der Waals surface area (Å²) in [5.41, 5.74) is 2.45. The van der Waals surface area contributed by atoms with Gasteiger partial charge in [-0.05, 0) is 38.0 Å². The van der Waals surface area contributed by atoms with Crippen LogP contribution in [-0.4, -0.2) is 45.2 Å². The van der Waals surface area contributed by atoms with E-state index in [1.165, 1.54) is 11.1 Å². The maximum absolute atomic E-state index is 12.3. The minimum atomic E-state index is -3.25.